The van der Waals surface area contributed by atoms with E-state index in [4.69, 9.17) is 5.11 Å². The largest absolute Gasteiger partial charge is 0.478 e. The van der Waals surface area contributed by atoms with Gasteiger partial charge in [0.25, 0.3) is 0 Å². The van der Waals surface area contributed by atoms with E-state index < -0.39 is 16.0 Å². The number of pyridine rings is 1. The minimum atomic E-state index is -3.82. The lowest BCUT2D eigenvalue weighted by molar-refractivity contribution is 0.0696. The van der Waals surface area contributed by atoms with Gasteiger partial charge < -0.3 is 10.0 Å². The van der Waals surface area contributed by atoms with E-state index in [0.29, 0.717) is 5.82 Å². The highest BCUT2D eigenvalue weighted by Gasteiger charge is 2.17. The van der Waals surface area contributed by atoms with E-state index in [0.717, 1.165) is 11.6 Å². The number of nitrogens with zero attached hydrogens (tertiary/aromatic N) is 2. The molecule has 0 radical (unpaired) electrons. The maximum Gasteiger partial charge on any atom is 0.335 e. The number of nitrogens with one attached hydrogen (secondary N) is 1. The quantitative estimate of drug-likeness (QED) is 0.826. The number of carboxylic acids is 1. The maximum atomic E-state index is 12.3. The maximum absolute atomic E-state index is 12.3. The van der Waals surface area contributed by atoms with Crippen LogP contribution < -0.4 is 9.62 Å². The van der Waals surface area contributed by atoms with E-state index in [2.05, 4.69) is 9.71 Å². The van der Waals surface area contributed by atoms with Crippen molar-refractivity contribution in [2.24, 2.45) is 0 Å². The van der Waals surface area contributed by atoms with Gasteiger partial charge in [-0.25, -0.2) is 22.9 Å². The first-order chi connectivity index (χ1) is 10.8. The molecule has 1 aromatic heterocycles. The number of anilines is 1. The number of carboxylic acid groups (broad SMARTS) is 1. The molecular weight excluding hydrogens is 318 g/mol. The Balaban J connectivity index is 2.23. The van der Waals surface area contributed by atoms with Gasteiger partial charge in [0.05, 0.1) is 10.5 Å². The van der Waals surface area contributed by atoms with Crippen LogP contribution in [0.2, 0.25) is 0 Å². The van der Waals surface area contributed by atoms with Crippen molar-refractivity contribution < 1.29 is 18.3 Å². The summed E-state index contributed by atoms with van der Waals surface area (Å²) in [7, 11) is -0.184. The molecule has 122 valence electrons. The third kappa shape index (κ3) is 4.05. The van der Waals surface area contributed by atoms with Gasteiger partial charge in [0.2, 0.25) is 10.0 Å². The van der Waals surface area contributed by atoms with E-state index >= 15 is 0 Å². The summed E-state index contributed by atoms with van der Waals surface area (Å²) in [4.78, 5) is 16.8. The molecule has 0 amide bonds. The van der Waals surface area contributed by atoms with Crippen molar-refractivity contribution in [1.29, 1.82) is 0 Å². The molecule has 7 nitrogen and oxygen atoms in total. The molecule has 0 aliphatic rings. The van der Waals surface area contributed by atoms with Gasteiger partial charge >= 0.3 is 5.97 Å². The van der Waals surface area contributed by atoms with E-state index in [9.17, 15) is 13.2 Å². The fraction of sp³-hybridized carbons (Fsp3) is 0.200. The van der Waals surface area contributed by atoms with Crippen LogP contribution in [0.25, 0.3) is 0 Å². The smallest absolute Gasteiger partial charge is 0.335 e. The fourth-order valence-electron chi connectivity index (χ4n) is 2.02. The molecule has 1 heterocycles. The van der Waals surface area contributed by atoms with Crippen molar-refractivity contribution >= 4 is 21.8 Å². The molecule has 0 aliphatic heterocycles. The number of hydrogen-bond acceptors (Lipinski definition) is 5. The second-order valence-corrected chi connectivity index (χ2v) is 6.81. The van der Waals surface area contributed by atoms with E-state index in [1.54, 1.807) is 23.2 Å². The highest BCUT2D eigenvalue weighted by atomic mass is 32.2. The van der Waals surface area contributed by atoms with Crippen molar-refractivity contribution in [1.82, 2.24) is 9.71 Å². The molecule has 0 aliphatic carbocycles. The lowest BCUT2D eigenvalue weighted by Crippen LogP contribution is -2.25. The Hall–Kier alpha value is -2.45. The zero-order valence-corrected chi connectivity index (χ0v) is 13.5. The van der Waals surface area contributed by atoms with Gasteiger partial charge in [-0.3, -0.25) is 0 Å². The summed E-state index contributed by atoms with van der Waals surface area (Å²) in [5.74, 6) is -0.515. The van der Waals surface area contributed by atoms with Crippen molar-refractivity contribution in [2.75, 3.05) is 19.0 Å². The Bertz CT molecular complexity index is 819. The molecule has 2 N–H and O–H groups in total. The molecule has 0 fully saturated rings. The third-order valence-corrected chi connectivity index (χ3v) is 4.53. The number of benzene rings is 1. The van der Waals surface area contributed by atoms with Crippen LogP contribution in [-0.2, 0) is 16.6 Å². The minimum absolute atomic E-state index is 0.0565. The standard InChI is InChI=1S/C15H17N3O4S/c1-18(2)14-12(6-4-8-16-14)10-17-23(21,22)13-7-3-5-11(9-13)15(19)20/h3-9,17H,10H2,1-2H3,(H,19,20). The van der Waals surface area contributed by atoms with Crippen LogP contribution >= 0.6 is 0 Å². The molecule has 23 heavy (non-hydrogen) atoms. The van der Waals surface area contributed by atoms with Crippen molar-refractivity contribution in [3.63, 3.8) is 0 Å². The van der Waals surface area contributed by atoms with Crippen molar-refractivity contribution in [3.05, 3.63) is 53.7 Å². The van der Waals surface area contributed by atoms with E-state index in [1.807, 2.05) is 14.1 Å². The first-order valence-electron chi connectivity index (χ1n) is 6.75. The number of hydrogen-bond donors (Lipinski definition) is 2. The predicted molar refractivity (Wildman–Crippen MR) is 86.0 cm³/mol. The number of aromatic carboxylic acids is 1. The average molecular weight is 335 g/mol. The number of carbonyl (C=O) groups is 1. The van der Waals surface area contributed by atoms with Crippen LogP contribution in [0.3, 0.4) is 0 Å². The summed E-state index contributed by atoms with van der Waals surface area (Å²) in [5, 5.41) is 8.95. The summed E-state index contributed by atoms with van der Waals surface area (Å²) in [6, 6.07) is 8.71. The molecule has 0 atom stereocenters. The van der Waals surface area contributed by atoms with Crippen molar-refractivity contribution in [2.45, 2.75) is 11.4 Å². The molecule has 0 unspecified atom stereocenters. The van der Waals surface area contributed by atoms with Gasteiger partial charge in [-0.15, -0.1) is 0 Å². The second kappa shape index (κ2) is 6.76. The first-order valence-corrected chi connectivity index (χ1v) is 8.24. The van der Waals surface area contributed by atoms with Gasteiger partial charge in [-0.2, -0.15) is 0 Å². The van der Waals surface area contributed by atoms with E-state index in [-0.39, 0.29) is 17.0 Å². The lowest BCUT2D eigenvalue weighted by Gasteiger charge is -2.16. The lowest BCUT2D eigenvalue weighted by atomic mass is 10.2. The molecule has 8 heteroatoms. The topological polar surface area (TPSA) is 99.6 Å². The number of aromatic nitrogens is 1. The highest BCUT2D eigenvalue weighted by molar-refractivity contribution is 7.89. The van der Waals surface area contributed by atoms with Crippen molar-refractivity contribution in [3.8, 4) is 0 Å². The Morgan fingerprint density at radius 1 is 1.26 bits per heavy atom. The SMILES string of the molecule is CN(C)c1ncccc1CNS(=O)(=O)c1cccc(C(=O)O)c1. The zero-order chi connectivity index (χ0) is 17.0. The Kier molecular flexibility index (Phi) is 4.97. The normalized spacial score (nSPS) is 11.2. The highest BCUT2D eigenvalue weighted by Crippen LogP contribution is 2.16. The molecule has 2 aromatic rings. The summed E-state index contributed by atoms with van der Waals surface area (Å²) in [6.45, 7) is 0.0565. The Morgan fingerprint density at radius 2 is 2.00 bits per heavy atom. The molecule has 0 spiro atoms. The van der Waals surface area contributed by atoms with Gasteiger partial charge in [0.1, 0.15) is 5.82 Å². The summed E-state index contributed by atoms with van der Waals surface area (Å²) in [6.07, 6.45) is 1.63. The average Bonchev–Trinajstić information content (AvgIpc) is 2.53. The Labute approximate surface area is 134 Å². The number of sulfonamides is 1. The first kappa shape index (κ1) is 16.9. The summed E-state index contributed by atoms with van der Waals surface area (Å²) in [5.41, 5.74) is 0.638. The van der Waals surface area contributed by atoms with Gasteiger partial charge in [0.15, 0.2) is 0 Å². The molecule has 0 bridgehead atoms. The van der Waals surface area contributed by atoms with Gasteiger partial charge in [-0.05, 0) is 24.3 Å². The molecule has 0 saturated heterocycles. The van der Waals surface area contributed by atoms with Crippen LogP contribution in [0.15, 0.2) is 47.5 Å². The molecule has 0 saturated carbocycles. The molecule has 2 rings (SSSR count). The van der Waals surface area contributed by atoms with Crippen LogP contribution in [0.1, 0.15) is 15.9 Å². The van der Waals surface area contributed by atoms with Crippen LogP contribution in [-0.4, -0.2) is 38.6 Å². The Morgan fingerprint density at radius 3 is 2.65 bits per heavy atom. The minimum Gasteiger partial charge on any atom is -0.478 e. The second-order valence-electron chi connectivity index (χ2n) is 5.04. The zero-order valence-electron chi connectivity index (χ0n) is 12.7. The molecule has 1 aromatic carbocycles. The number of rotatable bonds is 6. The van der Waals surface area contributed by atoms with Crippen LogP contribution in [0.5, 0.6) is 0 Å². The van der Waals surface area contributed by atoms with E-state index in [1.165, 1.54) is 18.2 Å². The monoisotopic (exact) mass is 335 g/mol. The fourth-order valence-corrected chi connectivity index (χ4v) is 3.08. The van der Waals surface area contributed by atoms with Gasteiger partial charge in [-0.1, -0.05) is 12.1 Å². The molecular formula is C15H17N3O4S. The predicted octanol–water partition coefficient (Wildman–Crippen LogP) is 1.32. The van der Waals surface area contributed by atoms with Gasteiger partial charge in [0, 0.05) is 32.4 Å². The third-order valence-electron chi connectivity index (χ3n) is 3.14. The summed E-state index contributed by atoms with van der Waals surface area (Å²) >= 11 is 0. The van der Waals surface area contributed by atoms with Crippen LogP contribution in [0, 0.1) is 0 Å². The van der Waals surface area contributed by atoms with Crippen LogP contribution in [0.4, 0.5) is 5.82 Å². The summed E-state index contributed by atoms with van der Waals surface area (Å²) < 4.78 is 27.1.